The first-order valence-corrected chi connectivity index (χ1v) is 9.80. The molecule has 1 heterocycles. The Morgan fingerprint density at radius 2 is 1.78 bits per heavy atom. The molecule has 0 saturated carbocycles. The molecule has 32 heavy (non-hydrogen) atoms. The van der Waals surface area contributed by atoms with Crippen molar-refractivity contribution in [1.29, 1.82) is 0 Å². The highest BCUT2D eigenvalue weighted by Crippen LogP contribution is 2.44. The number of carbonyl (C=O) groups excluding carboxylic acids is 2. The number of nitrogens with zero attached hydrogens (tertiary/aromatic N) is 1. The summed E-state index contributed by atoms with van der Waals surface area (Å²) in [6.45, 7) is -0.345. The van der Waals surface area contributed by atoms with Gasteiger partial charge in [-0.25, -0.2) is 4.39 Å². The van der Waals surface area contributed by atoms with Crippen LogP contribution in [-0.2, 0) is 15.2 Å². The van der Waals surface area contributed by atoms with Crippen molar-refractivity contribution in [1.82, 2.24) is 0 Å². The maximum absolute atomic E-state index is 13.8. The van der Waals surface area contributed by atoms with E-state index in [1.807, 2.05) is 0 Å². The lowest BCUT2D eigenvalue weighted by Gasteiger charge is -2.23. The van der Waals surface area contributed by atoms with Crippen molar-refractivity contribution in [3.8, 4) is 11.5 Å². The van der Waals surface area contributed by atoms with Gasteiger partial charge in [-0.15, -0.1) is 0 Å². The average molecular weight is 436 g/mol. The SMILES string of the molecule is COc1ccc(NC(=O)CN2C(=O)[C@](O)(c3cccc(F)c3)c3ccccc32)cc1OC. The Bertz CT molecular complexity index is 1200. The third-order valence-electron chi connectivity index (χ3n) is 5.35. The Morgan fingerprint density at radius 3 is 2.50 bits per heavy atom. The lowest BCUT2D eigenvalue weighted by Crippen LogP contribution is -2.44. The zero-order valence-corrected chi connectivity index (χ0v) is 17.5. The molecule has 0 unspecified atom stereocenters. The Balaban J connectivity index is 1.62. The molecule has 1 aliphatic heterocycles. The zero-order chi connectivity index (χ0) is 22.9. The number of carbonyl (C=O) groups is 2. The van der Waals surface area contributed by atoms with Crippen molar-refractivity contribution < 1.29 is 28.6 Å². The lowest BCUT2D eigenvalue weighted by molar-refractivity contribution is -0.133. The third-order valence-corrected chi connectivity index (χ3v) is 5.35. The molecule has 2 amide bonds. The third kappa shape index (κ3) is 3.54. The summed E-state index contributed by atoms with van der Waals surface area (Å²) in [5.41, 5.74) is -0.880. The molecule has 3 aromatic carbocycles. The molecule has 3 aromatic rings. The summed E-state index contributed by atoms with van der Waals surface area (Å²) in [4.78, 5) is 27.3. The van der Waals surface area contributed by atoms with Crippen LogP contribution in [0, 0.1) is 5.82 Å². The minimum atomic E-state index is -2.09. The van der Waals surface area contributed by atoms with Gasteiger partial charge in [-0.1, -0.05) is 30.3 Å². The van der Waals surface area contributed by atoms with Gasteiger partial charge in [-0.05, 0) is 30.3 Å². The highest BCUT2D eigenvalue weighted by Gasteiger charge is 2.51. The van der Waals surface area contributed by atoms with Gasteiger partial charge in [-0.2, -0.15) is 0 Å². The average Bonchev–Trinajstić information content (AvgIpc) is 3.02. The maximum atomic E-state index is 13.8. The highest BCUT2D eigenvalue weighted by atomic mass is 19.1. The second-order valence-corrected chi connectivity index (χ2v) is 7.25. The summed E-state index contributed by atoms with van der Waals surface area (Å²) in [5.74, 6) is -0.843. The van der Waals surface area contributed by atoms with Crippen molar-refractivity contribution >= 4 is 23.2 Å². The van der Waals surface area contributed by atoms with Crippen molar-refractivity contribution in [2.75, 3.05) is 31.0 Å². The van der Waals surface area contributed by atoms with Crippen LogP contribution < -0.4 is 19.7 Å². The molecule has 0 spiro atoms. The van der Waals surface area contributed by atoms with Crippen LogP contribution in [0.3, 0.4) is 0 Å². The Kier molecular flexibility index (Phi) is 5.54. The standard InChI is InChI=1S/C24H21FN2O5/c1-31-20-11-10-17(13-21(20)32-2)26-22(28)14-27-19-9-4-3-8-18(19)24(30,23(27)29)15-6-5-7-16(25)12-15/h3-13,30H,14H2,1-2H3,(H,26,28)/t24-/m0/s1. The van der Waals surface area contributed by atoms with E-state index in [2.05, 4.69) is 5.32 Å². The van der Waals surface area contributed by atoms with Crippen LogP contribution >= 0.6 is 0 Å². The lowest BCUT2D eigenvalue weighted by atomic mass is 9.87. The molecule has 0 aliphatic carbocycles. The number of nitrogens with one attached hydrogen (secondary N) is 1. The van der Waals surface area contributed by atoms with E-state index in [1.165, 1.54) is 37.3 Å². The first kappa shape index (κ1) is 21.3. The van der Waals surface area contributed by atoms with Crippen LogP contribution in [0.15, 0.2) is 66.7 Å². The first-order chi connectivity index (χ1) is 15.4. The molecule has 0 radical (unpaired) electrons. The minimum absolute atomic E-state index is 0.0951. The summed E-state index contributed by atoms with van der Waals surface area (Å²) in [6, 6.07) is 16.7. The van der Waals surface area contributed by atoms with Crippen molar-refractivity contribution in [3.05, 3.63) is 83.7 Å². The number of hydrogen-bond acceptors (Lipinski definition) is 5. The van der Waals surface area contributed by atoms with Crippen LogP contribution in [0.5, 0.6) is 11.5 Å². The summed E-state index contributed by atoms with van der Waals surface area (Å²) in [6.07, 6.45) is 0. The number of para-hydroxylation sites is 1. The van der Waals surface area contributed by atoms with Gasteiger partial charge < -0.3 is 19.9 Å². The molecular formula is C24H21FN2O5. The molecular weight excluding hydrogens is 415 g/mol. The Hall–Kier alpha value is -3.91. The van der Waals surface area contributed by atoms with Crippen LogP contribution in [0.2, 0.25) is 0 Å². The van der Waals surface area contributed by atoms with Crippen molar-refractivity contribution in [2.45, 2.75) is 5.60 Å². The van der Waals surface area contributed by atoms with Crippen LogP contribution in [0.4, 0.5) is 15.8 Å². The number of methoxy groups -OCH3 is 2. The van der Waals surface area contributed by atoms with E-state index >= 15 is 0 Å². The zero-order valence-electron chi connectivity index (χ0n) is 17.5. The summed E-state index contributed by atoms with van der Waals surface area (Å²) < 4.78 is 24.3. The quantitative estimate of drug-likeness (QED) is 0.620. The van der Waals surface area contributed by atoms with Crippen LogP contribution in [0.25, 0.3) is 0 Å². The van der Waals surface area contributed by atoms with Crippen molar-refractivity contribution in [3.63, 3.8) is 0 Å². The van der Waals surface area contributed by atoms with E-state index in [-0.39, 0.29) is 17.7 Å². The van der Waals surface area contributed by atoms with Gasteiger partial charge in [0.1, 0.15) is 12.4 Å². The Morgan fingerprint density at radius 1 is 1.03 bits per heavy atom. The Labute approximate surface area is 184 Å². The fourth-order valence-electron chi connectivity index (χ4n) is 3.84. The van der Waals surface area contributed by atoms with Gasteiger partial charge in [0.2, 0.25) is 5.91 Å². The van der Waals surface area contributed by atoms with E-state index < -0.39 is 23.2 Å². The number of aliphatic hydroxyl groups is 1. The first-order valence-electron chi connectivity index (χ1n) is 9.80. The van der Waals surface area contributed by atoms with Crippen LogP contribution in [-0.4, -0.2) is 37.7 Å². The molecule has 2 N–H and O–H groups in total. The number of ether oxygens (including phenoxy) is 2. The number of halogens is 1. The number of benzene rings is 3. The minimum Gasteiger partial charge on any atom is -0.493 e. The number of anilines is 2. The van der Waals surface area contributed by atoms with Gasteiger partial charge in [0.15, 0.2) is 17.1 Å². The predicted octanol–water partition coefficient (Wildman–Crippen LogP) is 3.06. The van der Waals surface area contributed by atoms with Gasteiger partial charge in [-0.3, -0.25) is 14.5 Å². The van der Waals surface area contributed by atoms with E-state index in [0.717, 1.165) is 6.07 Å². The fraction of sp³-hybridized carbons (Fsp3) is 0.167. The van der Waals surface area contributed by atoms with E-state index in [4.69, 9.17) is 9.47 Å². The predicted molar refractivity (Wildman–Crippen MR) is 116 cm³/mol. The molecule has 0 fully saturated rings. The summed E-state index contributed by atoms with van der Waals surface area (Å²) >= 11 is 0. The molecule has 8 heteroatoms. The topological polar surface area (TPSA) is 88.1 Å². The second kappa shape index (κ2) is 8.32. The smallest absolute Gasteiger partial charge is 0.268 e. The van der Waals surface area contributed by atoms with Gasteiger partial charge in [0.05, 0.1) is 19.9 Å². The van der Waals surface area contributed by atoms with Crippen molar-refractivity contribution in [2.24, 2.45) is 0 Å². The van der Waals surface area contributed by atoms with E-state index in [0.29, 0.717) is 22.9 Å². The largest absolute Gasteiger partial charge is 0.493 e. The van der Waals surface area contributed by atoms with Gasteiger partial charge in [0, 0.05) is 22.9 Å². The highest BCUT2D eigenvalue weighted by molar-refractivity contribution is 6.12. The number of rotatable bonds is 6. The molecule has 0 bridgehead atoms. The molecule has 164 valence electrons. The summed E-state index contributed by atoms with van der Waals surface area (Å²) in [7, 11) is 2.99. The maximum Gasteiger partial charge on any atom is 0.268 e. The number of amides is 2. The molecule has 1 atom stereocenters. The van der Waals surface area contributed by atoms with E-state index in [9.17, 15) is 19.1 Å². The monoisotopic (exact) mass is 436 g/mol. The fourth-order valence-corrected chi connectivity index (χ4v) is 3.84. The van der Waals surface area contributed by atoms with Gasteiger partial charge >= 0.3 is 0 Å². The van der Waals surface area contributed by atoms with E-state index in [1.54, 1.807) is 42.5 Å². The molecule has 0 saturated heterocycles. The summed E-state index contributed by atoms with van der Waals surface area (Å²) in [5, 5.41) is 14.1. The van der Waals surface area contributed by atoms with Gasteiger partial charge in [0.25, 0.3) is 5.91 Å². The molecule has 4 rings (SSSR count). The number of fused-ring (bicyclic) bond motifs is 1. The van der Waals surface area contributed by atoms with Crippen LogP contribution in [0.1, 0.15) is 11.1 Å². The second-order valence-electron chi connectivity index (χ2n) is 7.25. The normalized spacial score (nSPS) is 17.1. The number of hydrogen-bond donors (Lipinski definition) is 2. The molecule has 1 aliphatic rings. The molecule has 7 nitrogen and oxygen atoms in total. The molecule has 0 aromatic heterocycles.